The predicted octanol–water partition coefficient (Wildman–Crippen LogP) is 1.60. The first-order chi connectivity index (χ1) is 9.29. The molecule has 0 atom stereocenters. The fraction of sp³-hybridized carbons (Fsp3) is 0.0769. The van der Waals surface area contributed by atoms with Gasteiger partial charge >= 0.3 is 5.97 Å². The van der Waals surface area contributed by atoms with Crippen LogP contribution in [-0.4, -0.2) is 32.8 Å². The van der Waals surface area contributed by atoms with Crippen molar-refractivity contribution in [2.45, 2.75) is 0 Å². The maximum absolute atomic E-state index is 11.4. The fourth-order valence-corrected chi connectivity index (χ4v) is 1.81. The molecule has 94 valence electrons. The van der Waals surface area contributed by atoms with Crippen molar-refractivity contribution in [3.63, 3.8) is 0 Å². The van der Waals surface area contributed by atoms with Crippen molar-refractivity contribution in [1.29, 1.82) is 0 Å². The predicted molar refractivity (Wildman–Crippen MR) is 68.0 cm³/mol. The smallest absolute Gasteiger partial charge is 0.358 e. The van der Waals surface area contributed by atoms with Gasteiger partial charge in [-0.1, -0.05) is 18.2 Å². The summed E-state index contributed by atoms with van der Waals surface area (Å²) in [5, 5.41) is 5.25. The van der Waals surface area contributed by atoms with Gasteiger partial charge in [0.25, 0.3) is 0 Å². The van der Waals surface area contributed by atoms with Gasteiger partial charge in [0.1, 0.15) is 0 Å². The third kappa shape index (κ3) is 1.93. The Balaban J connectivity index is 2.14. The summed E-state index contributed by atoms with van der Waals surface area (Å²) >= 11 is 0. The molecule has 0 aliphatic rings. The van der Waals surface area contributed by atoms with Gasteiger partial charge in [0.05, 0.1) is 31.2 Å². The minimum absolute atomic E-state index is 0.152. The molecule has 0 saturated carbocycles. The SMILES string of the molecule is COC(=O)c1cncc(-n2ncc3ccccc32)n1. The van der Waals surface area contributed by atoms with Crippen LogP contribution >= 0.6 is 0 Å². The van der Waals surface area contributed by atoms with Crippen LogP contribution in [0.1, 0.15) is 10.5 Å². The molecule has 0 spiro atoms. The lowest BCUT2D eigenvalue weighted by Crippen LogP contribution is -2.08. The van der Waals surface area contributed by atoms with Crippen LogP contribution < -0.4 is 0 Å². The lowest BCUT2D eigenvalue weighted by atomic mass is 10.3. The van der Waals surface area contributed by atoms with Gasteiger partial charge in [0.15, 0.2) is 11.5 Å². The molecule has 19 heavy (non-hydrogen) atoms. The fourth-order valence-electron chi connectivity index (χ4n) is 1.81. The Hall–Kier alpha value is -2.76. The minimum atomic E-state index is -0.522. The Bertz CT molecular complexity index is 751. The molecular formula is C13H10N4O2. The van der Waals surface area contributed by atoms with E-state index in [0.29, 0.717) is 5.82 Å². The average Bonchev–Trinajstić information content (AvgIpc) is 2.90. The van der Waals surface area contributed by atoms with Gasteiger partial charge in [-0.2, -0.15) is 5.10 Å². The van der Waals surface area contributed by atoms with Crippen LogP contribution in [0, 0.1) is 0 Å². The van der Waals surface area contributed by atoms with Crippen LogP contribution in [0.4, 0.5) is 0 Å². The largest absolute Gasteiger partial charge is 0.464 e. The maximum atomic E-state index is 11.4. The van der Waals surface area contributed by atoms with Gasteiger partial charge in [-0.05, 0) is 6.07 Å². The summed E-state index contributed by atoms with van der Waals surface area (Å²) in [6.07, 6.45) is 4.65. The third-order valence-corrected chi connectivity index (χ3v) is 2.71. The molecule has 0 amide bonds. The van der Waals surface area contributed by atoms with E-state index in [1.54, 1.807) is 17.1 Å². The highest BCUT2D eigenvalue weighted by Gasteiger charge is 2.11. The number of hydrogen-bond donors (Lipinski definition) is 0. The van der Waals surface area contributed by atoms with Crippen LogP contribution in [0.25, 0.3) is 16.7 Å². The number of nitrogens with zero attached hydrogens (tertiary/aromatic N) is 4. The maximum Gasteiger partial charge on any atom is 0.358 e. The highest BCUT2D eigenvalue weighted by Crippen LogP contribution is 2.16. The van der Waals surface area contributed by atoms with Crippen molar-refractivity contribution >= 4 is 16.9 Å². The first-order valence-corrected chi connectivity index (χ1v) is 5.63. The summed E-state index contributed by atoms with van der Waals surface area (Å²) < 4.78 is 6.26. The zero-order valence-electron chi connectivity index (χ0n) is 10.1. The number of ether oxygens (including phenoxy) is 1. The van der Waals surface area contributed by atoms with Crippen molar-refractivity contribution in [3.05, 3.63) is 48.5 Å². The molecule has 0 saturated heterocycles. The zero-order valence-corrected chi connectivity index (χ0v) is 10.1. The van der Waals surface area contributed by atoms with Crippen molar-refractivity contribution < 1.29 is 9.53 Å². The second-order valence-corrected chi connectivity index (χ2v) is 3.87. The van der Waals surface area contributed by atoms with Crippen LogP contribution in [0.15, 0.2) is 42.9 Å². The van der Waals surface area contributed by atoms with Gasteiger partial charge < -0.3 is 4.74 Å². The number of para-hydroxylation sites is 1. The van der Waals surface area contributed by atoms with Crippen molar-refractivity contribution in [2.75, 3.05) is 7.11 Å². The van der Waals surface area contributed by atoms with Crippen LogP contribution in [0.3, 0.4) is 0 Å². The van der Waals surface area contributed by atoms with Gasteiger partial charge in [0, 0.05) is 5.39 Å². The molecule has 6 nitrogen and oxygen atoms in total. The molecule has 0 aliphatic heterocycles. The Morgan fingerprint density at radius 2 is 2.05 bits per heavy atom. The Labute approximate surface area is 108 Å². The first-order valence-electron chi connectivity index (χ1n) is 5.63. The second-order valence-electron chi connectivity index (χ2n) is 3.87. The lowest BCUT2D eigenvalue weighted by Gasteiger charge is -2.03. The molecule has 6 heteroatoms. The van der Waals surface area contributed by atoms with Crippen molar-refractivity contribution in [2.24, 2.45) is 0 Å². The highest BCUT2D eigenvalue weighted by atomic mass is 16.5. The topological polar surface area (TPSA) is 69.9 Å². The molecule has 3 rings (SSSR count). The number of carbonyl (C=O) groups excluding carboxylic acids is 1. The van der Waals surface area contributed by atoms with Gasteiger partial charge in [-0.3, -0.25) is 4.98 Å². The number of rotatable bonds is 2. The zero-order chi connectivity index (χ0) is 13.2. The standard InChI is InChI=1S/C13H10N4O2/c1-19-13(18)10-7-14-8-12(16-10)17-11-5-3-2-4-9(11)6-15-17/h2-8H,1H3. The molecule has 0 aliphatic carbocycles. The van der Waals surface area contributed by atoms with Crippen LogP contribution in [0.2, 0.25) is 0 Å². The molecule has 2 aromatic heterocycles. The molecular weight excluding hydrogens is 244 g/mol. The summed E-state index contributed by atoms with van der Waals surface area (Å²) in [4.78, 5) is 19.6. The van der Waals surface area contributed by atoms with E-state index in [1.807, 2.05) is 24.3 Å². The molecule has 0 unspecified atom stereocenters. The van der Waals surface area contributed by atoms with Crippen LogP contribution in [0.5, 0.6) is 0 Å². The van der Waals surface area contributed by atoms with E-state index >= 15 is 0 Å². The van der Waals surface area contributed by atoms with Crippen molar-refractivity contribution in [1.82, 2.24) is 19.7 Å². The Morgan fingerprint density at radius 1 is 1.21 bits per heavy atom. The van der Waals surface area contributed by atoms with E-state index in [0.717, 1.165) is 10.9 Å². The Morgan fingerprint density at radius 3 is 2.89 bits per heavy atom. The summed E-state index contributed by atoms with van der Waals surface area (Å²) in [7, 11) is 1.31. The first kappa shape index (κ1) is 11.3. The average molecular weight is 254 g/mol. The molecule has 1 aromatic carbocycles. The number of benzene rings is 1. The van der Waals surface area contributed by atoms with E-state index in [9.17, 15) is 4.79 Å². The number of methoxy groups -OCH3 is 1. The van der Waals surface area contributed by atoms with Crippen LogP contribution in [-0.2, 0) is 4.74 Å². The number of hydrogen-bond acceptors (Lipinski definition) is 5. The number of aromatic nitrogens is 4. The summed E-state index contributed by atoms with van der Waals surface area (Å²) in [6, 6.07) is 7.73. The summed E-state index contributed by atoms with van der Waals surface area (Å²) in [6.45, 7) is 0. The third-order valence-electron chi connectivity index (χ3n) is 2.71. The molecule has 0 bridgehead atoms. The van der Waals surface area contributed by atoms with E-state index in [-0.39, 0.29) is 5.69 Å². The quantitative estimate of drug-likeness (QED) is 0.650. The normalized spacial score (nSPS) is 10.6. The number of carbonyl (C=O) groups is 1. The summed E-state index contributed by atoms with van der Waals surface area (Å²) in [5.74, 6) is -0.0464. The summed E-state index contributed by atoms with van der Waals surface area (Å²) in [5.41, 5.74) is 1.05. The van der Waals surface area contributed by atoms with Gasteiger partial charge in [-0.25, -0.2) is 14.5 Å². The highest BCUT2D eigenvalue weighted by molar-refractivity contribution is 5.87. The van der Waals surface area contributed by atoms with Crippen molar-refractivity contribution in [3.8, 4) is 5.82 Å². The molecule has 0 radical (unpaired) electrons. The molecule has 0 N–H and O–H groups in total. The monoisotopic (exact) mass is 254 g/mol. The number of esters is 1. The molecule has 3 aromatic rings. The Kier molecular flexibility index (Phi) is 2.68. The molecule has 0 fully saturated rings. The lowest BCUT2D eigenvalue weighted by molar-refractivity contribution is 0.0593. The molecule has 2 heterocycles. The van der Waals surface area contributed by atoms with Gasteiger partial charge in [-0.15, -0.1) is 0 Å². The second kappa shape index (κ2) is 4.49. The number of fused-ring (bicyclic) bond motifs is 1. The van der Waals surface area contributed by atoms with E-state index < -0.39 is 5.97 Å². The van der Waals surface area contributed by atoms with E-state index in [2.05, 4.69) is 19.8 Å². The van der Waals surface area contributed by atoms with E-state index in [4.69, 9.17) is 0 Å². The van der Waals surface area contributed by atoms with E-state index in [1.165, 1.54) is 13.3 Å². The minimum Gasteiger partial charge on any atom is -0.464 e. The van der Waals surface area contributed by atoms with Gasteiger partial charge in [0.2, 0.25) is 0 Å².